The van der Waals surface area contributed by atoms with Gasteiger partial charge in [-0.15, -0.1) is 0 Å². The average molecular weight is 484 g/mol. The molecule has 152 valence electrons. The maximum Gasteiger partial charge on any atom is 0.331 e. The Morgan fingerprint density at radius 3 is 2.62 bits per heavy atom. The van der Waals surface area contributed by atoms with Gasteiger partial charge in [0.15, 0.2) is 6.10 Å². The summed E-state index contributed by atoms with van der Waals surface area (Å²) >= 11 is 9.27. The first-order valence-electron chi connectivity index (χ1n) is 8.18. The summed E-state index contributed by atoms with van der Waals surface area (Å²) in [6.07, 6.45) is 1.55. The van der Waals surface area contributed by atoms with Crippen LogP contribution in [-0.2, 0) is 14.3 Å². The smallest absolute Gasteiger partial charge is 0.331 e. The van der Waals surface area contributed by atoms with Crippen LogP contribution in [0.3, 0.4) is 0 Å². The third kappa shape index (κ3) is 6.30. The van der Waals surface area contributed by atoms with Crippen molar-refractivity contribution >= 4 is 56.9 Å². The molecule has 0 bridgehead atoms. The van der Waals surface area contributed by atoms with Crippen molar-refractivity contribution in [3.63, 3.8) is 0 Å². The van der Waals surface area contributed by atoms with Crippen molar-refractivity contribution in [2.75, 3.05) is 12.4 Å². The van der Waals surface area contributed by atoms with Gasteiger partial charge in [-0.25, -0.2) is 4.79 Å². The molecule has 0 heterocycles. The molecule has 1 atom stereocenters. The number of nitrogens with zero attached hydrogens (tertiary/aromatic N) is 1. The van der Waals surface area contributed by atoms with E-state index in [4.69, 9.17) is 21.1 Å². The van der Waals surface area contributed by atoms with Crippen molar-refractivity contribution in [3.05, 3.63) is 67.6 Å². The summed E-state index contributed by atoms with van der Waals surface area (Å²) in [5.74, 6) is -0.803. The van der Waals surface area contributed by atoms with E-state index in [9.17, 15) is 19.7 Å². The zero-order chi connectivity index (χ0) is 21.6. The van der Waals surface area contributed by atoms with Crippen molar-refractivity contribution in [1.82, 2.24) is 0 Å². The summed E-state index contributed by atoms with van der Waals surface area (Å²) in [4.78, 5) is 34.3. The Morgan fingerprint density at radius 2 is 2.00 bits per heavy atom. The van der Waals surface area contributed by atoms with E-state index >= 15 is 0 Å². The molecule has 0 radical (unpaired) electrons. The maximum atomic E-state index is 12.2. The first-order chi connectivity index (χ1) is 13.7. The van der Waals surface area contributed by atoms with Gasteiger partial charge in [-0.3, -0.25) is 14.9 Å². The zero-order valence-electron chi connectivity index (χ0n) is 15.3. The number of hydrogen-bond acceptors (Lipinski definition) is 6. The van der Waals surface area contributed by atoms with Crippen LogP contribution in [0, 0.1) is 10.1 Å². The molecule has 0 saturated carbocycles. The predicted molar refractivity (Wildman–Crippen MR) is 112 cm³/mol. The van der Waals surface area contributed by atoms with Crippen LogP contribution in [0.5, 0.6) is 5.75 Å². The SMILES string of the molecule is COc1ccc(Br)cc1/C=C/C(=O)OC(C)C(=O)Nc1ccc([N+](=O)[O-])cc1Cl. The molecule has 1 amide bonds. The highest BCUT2D eigenvalue weighted by molar-refractivity contribution is 9.10. The van der Waals surface area contributed by atoms with E-state index in [2.05, 4.69) is 21.2 Å². The minimum absolute atomic E-state index is 0.00674. The number of carbonyl (C=O) groups excluding carboxylic acids is 2. The Balaban J connectivity index is 2.00. The summed E-state index contributed by atoms with van der Waals surface area (Å²) in [6.45, 7) is 1.39. The second kappa shape index (κ2) is 10.0. The number of nitro groups is 1. The second-order valence-corrected chi connectivity index (χ2v) is 7.03. The van der Waals surface area contributed by atoms with Crippen molar-refractivity contribution in [3.8, 4) is 5.75 Å². The Labute approximate surface area is 179 Å². The molecular weight excluding hydrogens is 468 g/mol. The number of esters is 1. The Kier molecular flexibility index (Phi) is 7.74. The van der Waals surface area contributed by atoms with Crippen molar-refractivity contribution in [2.24, 2.45) is 0 Å². The van der Waals surface area contributed by atoms with Gasteiger partial charge >= 0.3 is 5.97 Å². The van der Waals surface area contributed by atoms with Gasteiger partial charge in [0.05, 0.1) is 22.7 Å². The number of carbonyl (C=O) groups is 2. The van der Waals surface area contributed by atoms with Gasteiger partial charge in [-0.2, -0.15) is 0 Å². The Bertz CT molecular complexity index is 979. The van der Waals surface area contributed by atoms with E-state index in [-0.39, 0.29) is 16.4 Å². The third-order valence-electron chi connectivity index (χ3n) is 3.67. The largest absolute Gasteiger partial charge is 0.496 e. The van der Waals surface area contributed by atoms with Crippen LogP contribution in [0.15, 0.2) is 46.9 Å². The van der Waals surface area contributed by atoms with E-state index in [1.165, 1.54) is 38.3 Å². The van der Waals surface area contributed by atoms with Crippen LogP contribution in [-0.4, -0.2) is 30.0 Å². The minimum Gasteiger partial charge on any atom is -0.496 e. The van der Waals surface area contributed by atoms with Crippen molar-refractivity contribution in [1.29, 1.82) is 0 Å². The maximum absolute atomic E-state index is 12.2. The summed E-state index contributed by atoms with van der Waals surface area (Å²) in [6, 6.07) is 8.90. The van der Waals surface area contributed by atoms with E-state index in [0.717, 1.165) is 10.5 Å². The quantitative estimate of drug-likeness (QED) is 0.267. The summed E-state index contributed by atoms with van der Waals surface area (Å²) < 4.78 is 11.1. The third-order valence-corrected chi connectivity index (χ3v) is 4.48. The van der Waals surface area contributed by atoms with Crippen LogP contribution < -0.4 is 10.1 Å². The molecule has 2 rings (SSSR count). The van der Waals surface area contributed by atoms with Crippen molar-refractivity contribution in [2.45, 2.75) is 13.0 Å². The molecule has 0 spiro atoms. The Morgan fingerprint density at radius 1 is 1.28 bits per heavy atom. The number of halogens is 2. The number of rotatable bonds is 7. The lowest BCUT2D eigenvalue weighted by atomic mass is 10.2. The highest BCUT2D eigenvalue weighted by Crippen LogP contribution is 2.27. The Hall–Kier alpha value is -2.91. The summed E-state index contributed by atoms with van der Waals surface area (Å²) in [5, 5.41) is 13.2. The summed E-state index contributed by atoms with van der Waals surface area (Å²) in [5.41, 5.74) is 0.605. The fourth-order valence-corrected chi connectivity index (χ4v) is 2.81. The van der Waals surface area contributed by atoms with Crippen LogP contribution in [0.1, 0.15) is 12.5 Å². The molecule has 8 nitrogen and oxygen atoms in total. The van der Waals surface area contributed by atoms with Gasteiger partial charge in [0.25, 0.3) is 11.6 Å². The van der Waals surface area contributed by atoms with Crippen LogP contribution in [0.25, 0.3) is 6.08 Å². The lowest BCUT2D eigenvalue weighted by Crippen LogP contribution is -2.29. The molecule has 0 aliphatic carbocycles. The fraction of sp³-hybridized carbons (Fsp3) is 0.158. The van der Waals surface area contributed by atoms with Gasteiger partial charge in [-0.1, -0.05) is 27.5 Å². The normalized spacial score (nSPS) is 11.7. The molecule has 2 aromatic rings. The van der Waals surface area contributed by atoms with Crippen LogP contribution >= 0.6 is 27.5 Å². The monoisotopic (exact) mass is 482 g/mol. The van der Waals surface area contributed by atoms with E-state index in [0.29, 0.717) is 11.3 Å². The number of nitro benzene ring substituents is 1. The molecule has 0 fully saturated rings. The van der Waals surface area contributed by atoms with E-state index < -0.39 is 22.9 Å². The van der Waals surface area contributed by atoms with Crippen molar-refractivity contribution < 1.29 is 24.0 Å². The molecule has 1 unspecified atom stereocenters. The highest BCUT2D eigenvalue weighted by Gasteiger charge is 2.19. The molecular formula is C19H16BrClN2O6. The average Bonchev–Trinajstić information content (AvgIpc) is 2.67. The van der Waals surface area contributed by atoms with Gasteiger partial charge in [0.1, 0.15) is 5.75 Å². The van der Waals surface area contributed by atoms with Gasteiger partial charge in [0, 0.05) is 28.2 Å². The first kappa shape index (κ1) is 22.4. The predicted octanol–water partition coefficient (Wildman–Crippen LogP) is 4.60. The second-order valence-electron chi connectivity index (χ2n) is 5.71. The first-order valence-corrected chi connectivity index (χ1v) is 9.35. The number of benzene rings is 2. The molecule has 10 heteroatoms. The fourth-order valence-electron chi connectivity index (χ4n) is 2.21. The van der Waals surface area contributed by atoms with Gasteiger partial charge in [0.2, 0.25) is 0 Å². The highest BCUT2D eigenvalue weighted by atomic mass is 79.9. The van der Waals surface area contributed by atoms with E-state index in [1.54, 1.807) is 18.2 Å². The molecule has 1 N–H and O–H groups in total. The van der Waals surface area contributed by atoms with E-state index in [1.807, 2.05) is 0 Å². The van der Waals surface area contributed by atoms with Gasteiger partial charge in [-0.05, 0) is 37.3 Å². The zero-order valence-corrected chi connectivity index (χ0v) is 17.7. The van der Waals surface area contributed by atoms with Crippen LogP contribution in [0.4, 0.5) is 11.4 Å². The molecule has 0 aliphatic heterocycles. The lowest BCUT2D eigenvalue weighted by molar-refractivity contribution is -0.384. The van der Waals surface area contributed by atoms with Gasteiger partial charge < -0.3 is 14.8 Å². The molecule has 2 aromatic carbocycles. The molecule has 0 aliphatic rings. The molecule has 0 saturated heterocycles. The number of hydrogen-bond donors (Lipinski definition) is 1. The number of amides is 1. The topological polar surface area (TPSA) is 108 Å². The van der Waals surface area contributed by atoms with Crippen LogP contribution in [0.2, 0.25) is 5.02 Å². The number of anilines is 1. The number of methoxy groups -OCH3 is 1. The molecule has 0 aromatic heterocycles. The number of non-ortho nitro benzene ring substituents is 1. The summed E-state index contributed by atoms with van der Waals surface area (Å²) in [7, 11) is 1.51. The number of ether oxygens (including phenoxy) is 2. The standard InChI is InChI=1S/C19H16BrClN2O6/c1-11(19(25)22-16-6-5-14(23(26)27)10-15(16)21)29-18(24)8-3-12-9-13(20)4-7-17(12)28-2/h3-11H,1-2H3,(H,22,25)/b8-3+. The minimum atomic E-state index is -1.12. The number of nitrogens with one attached hydrogen (secondary N) is 1. The lowest BCUT2D eigenvalue weighted by Gasteiger charge is -2.13. The molecule has 29 heavy (non-hydrogen) atoms.